The van der Waals surface area contributed by atoms with Crippen LogP contribution in [0.25, 0.3) is 33.3 Å². The molecule has 2 N–H and O–H groups in total. The minimum atomic E-state index is 0.254. The van der Waals surface area contributed by atoms with Gasteiger partial charge in [0.15, 0.2) is 0 Å². The number of methoxy groups -OCH3 is 1. The van der Waals surface area contributed by atoms with Crippen molar-refractivity contribution < 1.29 is 9.84 Å². The molecule has 0 spiro atoms. The zero-order valence-corrected chi connectivity index (χ0v) is 13.3. The van der Waals surface area contributed by atoms with Gasteiger partial charge in [-0.2, -0.15) is 0 Å². The van der Waals surface area contributed by atoms with Crippen LogP contribution in [0.15, 0.2) is 72.8 Å². The lowest BCUT2D eigenvalue weighted by molar-refractivity contribution is 0.415. The lowest BCUT2D eigenvalue weighted by Gasteiger charge is -2.07. The van der Waals surface area contributed by atoms with E-state index in [4.69, 9.17) is 4.74 Å². The van der Waals surface area contributed by atoms with Crippen LogP contribution in [-0.4, -0.2) is 17.2 Å². The Morgan fingerprint density at radius 2 is 1.58 bits per heavy atom. The SMILES string of the molecule is COc1ccc(-c2[nH]c3cc(O)ccc3c2-c2ccccc2)cc1. The van der Waals surface area contributed by atoms with Gasteiger partial charge in [0.1, 0.15) is 11.5 Å². The van der Waals surface area contributed by atoms with Crippen molar-refractivity contribution in [3.05, 3.63) is 72.8 Å². The molecule has 24 heavy (non-hydrogen) atoms. The Bertz CT molecular complexity index is 986. The standard InChI is InChI=1S/C21H17NO2/c1-24-17-10-7-15(8-11-17)21-20(14-5-3-2-4-6-14)18-12-9-16(23)13-19(18)22-21/h2-13,22-23H,1H3. The van der Waals surface area contributed by atoms with Gasteiger partial charge in [-0.05, 0) is 47.5 Å². The summed E-state index contributed by atoms with van der Waals surface area (Å²) in [6.07, 6.45) is 0. The second-order valence-corrected chi connectivity index (χ2v) is 5.70. The van der Waals surface area contributed by atoms with E-state index in [0.717, 1.165) is 39.0 Å². The van der Waals surface area contributed by atoms with Crippen LogP contribution in [0, 0.1) is 0 Å². The second-order valence-electron chi connectivity index (χ2n) is 5.70. The summed E-state index contributed by atoms with van der Waals surface area (Å²) in [5, 5.41) is 10.9. The summed E-state index contributed by atoms with van der Waals surface area (Å²) >= 11 is 0. The van der Waals surface area contributed by atoms with Gasteiger partial charge in [-0.1, -0.05) is 30.3 Å². The summed E-state index contributed by atoms with van der Waals surface area (Å²) in [6, 6.07) is 23.7. The number of nitrogens with one attached hydrogen (secondary N) is 1. The van der Waals surface area contributed by atoms with Gasteiger partial charge >= 0.3 is 0 Å². The number of aromatic hydroxyl groups is 1. The Hall–Kier alpha value is -3.20. The van der Waals surface area contributed by atoms with Crippen LogP contribution < -0.4 is 4.74 Å². The Morgan fingerprint density at radius 1 is 0.833 bits per heavy atom. The summed E-state index contributed by atoms with van der Waals surface area (Å²) in [4.78, 5) is 3.46. The van der Waals surface area contributed by atoms with Gasteiger partial charge < -0.3 is 14.8 Å². The highest BCUT2D eigenvalue weighted by Gasteiger charge is 2.15. The first-order valence-electron chi connectivity index (χ1n) is 7.81. The van der Waals surface area contributed by atoms with Crippen LogP contribution in [-0.2, 0) is 0 Å². The number of ether oxygens (including phenoxy) is 1. The molecule has 0 aliphatic heterocycles. The molecule has 4 aromatic rings. The Balaban J connectivity index is 1.99. The van der Waals surface area contributed by atoms with Crippen molar-refractivity contribution in [3.63, 3.8) is 0 Å². The molecule has 0 bridgehead atoms. The van der Waals surface area contributed by atoms with Gasteiger partial charge in [0.2, 0.25) is 0 Å². The predicted molar refractivity (Wildman–Crippen MR) is 97.4 cm³/mol. The third kappa shape index (κ3) is 2.40. The molecule has 3 nitrogen and oxygen atoms in total. The Kier molecular flexibility index (Phi) is 3.47. The minimum Gasteiger partial charge on any atom is -0.508 e. The molecule has 3 aromatic carbocycles. The van der Waals surface area contributed by atoms with E-state index in [-0.39, 0.29) is 5.75 Å². The van der Waals surface area contributed by atoms with Gasteiger partial charge in [-0.25, -0.2) is 0 Å². The average Bonchev–Trinajstić information content (AvgIpc) is 3.01. The number of fused-ring (bicyclic) bond motifs is 1. The second kappa shape index (κ2) is 5.78. The average molecular weight is 315 g/mol. The molecule has 4 rings (SSSR count). The number of hydrogen-bond acceptors (Lipinski definition) is 2. The topological polar surface area (TPSA) is 45.2 Å². The van der Waals surface area contributed by atoms with Crippen molar-refractivity contribution in [1.82, 2.24) is 4.98 Å². The van der Waals surface area contributed by atoms with Crippen molar-refractivity contribution in [1.29, 1.82) is 0 Å². The summed E-state index contributed by atoms with van der Waals surface area (Å²) in [6.45, 7) is 0. The van der Waals surface area contributed by atoms with E-state index in [2.05, 4.69) is 17.1 Å². The summed E-state index contributed by atoms with van der Waals surface area (Å²) in [7, 11) is 1.66. The third-order valence-corrected chi connectivity index (χ3v) is 4.22. The van der Waals surface area contributed by atoms with Crippen molar-refractivity contribution in [2.75, 3.05) is 7.11 Å². The van der Waals surface area contributed by atoms with E-state index < -0.39 is 0 Å². The molecule has 1 heterocycles. The maximum atomic E-state index is 9.80. The van der Waals surface area contributed by atoms with Crippen molar-refractivity contribution in [2.24, 2.45) is 0 Å². The van der Waals surface area contributed by atoms with E-state index in [9.17, 15) is 5.11 Å². The molecule has 118 valence electrons. The molecule has 0 atom stereocenters. The van der Waals surface area contributed by atoms with Gasteiger partial charge in [0.25, 0.3) is 0 Å². The van der Waals surface area contributed by atoms with E-state index in [1.807, 2.05) is 48.5 Å². The summed E-state index contributed by atoms with van der Waals surface area (Å²) < 4.78 is 5.25. The molecular formula is C21H17NO2. The van der Waals surface area contributed by atoms with Crippen LogP contribution in [0.2, 0.25) is 0 Å². The van der Waals surface area contributed by atoms with Gasteiger partial charge in [-0.15, -0.1) is 0 Å². The first-order chi connectivity index (χ1) is 11.8. The molecule has 0 unspecified atom stereocenters. The number of phenols is 1. The zero-order valence-electron chi connectivity index (χ0n) is 13.3. The Morgan fingerprint density at radius 3 is 2.29 bits per heavy atom. The minimum absolute atomic E-state index is 0.254. The van der Waals surface area contributed by atoms with Gasteiger partial charge in [-0.3, -0.25) is 0 Å². The molecule has 0 saturated heterocycles. The van der Waals surface area contributed by atoms with Crippen molar-refractivity contribution in [2.45, 2.75) is 0 Å². The fourth-order valence-electron chi connectivity index (χ4n) is 3.06. The summed E-state index contributed by atoms with van der Waals surface area (Å²) in [5.74, 6) is 1.08. The van der Waals surface area contributed by atoms with E-state index in [1.54, 1.807) is 19.2 Å². The molecule has 0 saturated carbocycles. The molecule has 0 aliphatic rings. The van der Waals surface area contributed by atoms with Gasteiger partial charge in [0, 0.05) is 17.0 Å². The molecule has 0 radical (unpaired) electrons. The molecule has 0 amide bonds. The number of benzene rings is 3. The first-order valence-corrected chi connectivity index (χ1v) is 7.81. The van der Waals surface area contributed by atoms with Gasteiger partial charge in [0.05, 0.1) is 18.3 Å². The smallest absolute Gasteiger partial charge is 0.118 e. The first kappa shape index (κ1) is 14.4. The quantitative estimate of drug-likeness (QED) is 0.544. The van der Waals surface area contributed by atoms with Crippen LogP contribution in [0.1, 0.15) is 0 Å². The van der Waals surface area contributed by atoms with E-state index >= 15 is 0 Å². The molecule has 3 heteroatoms. The van der Waals surface area contributed by atoms with Crippen LogP contribution in [0.4, 0.5) is 0 Å². The lowest BCUT2D eigenvalue weighted by atomic mass is 9.98. The highest BCUT2D eigenvalue weighted by Crippen LogP contribution is 2.39. The number of aromatic nitrogens is 1. The number of hydrogen-bond donors (Lipinski definition) is 2. The normalized spacial score (nSPS) is 10.9. The van der Waals surface area contributed by atoms with E-state index in [0.29, 0.717) is 0 Å². The maximum absolute atomic E-state index is 9.80. The fraction of sp³-hybridized carbons (Fsp3) is 0.0476. The molecule has 1 aromatic heterocycles. The number of H-pyrrole nitrogens is 1. The molecule has 0 fully saturated rings. The lowest BCUT2D eigenvalue weighted by Crippen LogP contribution is -1.85. The predicted octanol–water partition coefficient (Wildman–Crippen LogP) is 5.22. The van der Waals surface area contributed by atoms with Crippen LogP contribution in [0.3, 0.4) is 0 Å². The maximum Gasteiger partial charge on any atom is 0.118 e. The highest BCUT2D eigenvalue weighted by molar-refractivity contribution is 6.04. The van der Waals surface area contributed by atoms with E-state index in [1.165, 1.54) is 0 Å². The monoisotopic (exact) mass is 315 g/mol. The fourth-order valence-corrected chi connectivity index (χ4v) is 3.06. The van der Waals surface area contributed by atoms with Crippen molar-refractivity contribution >= 4 is 10.9 Å². The zero-order chi connectivity index (χ0) is 16.5. The van der Waals surface area contributed by atoms with Crippen molar-refractivity contribution in [3.8, 4) is 33.9 Å². The number of aromatic amines is 1. The molecule has 0 aliphatic carbocycles. The largest absolute Gasteiger partial charge is 0.508 e. The number of phenolic OH excluding ortho intramolecular Hbond substituents is 1. The number of rotatable bonds is 3. The highest BCUT2D eigenvalue weighted by atomic mass is 16.5. The van der Waals surface area contributed by atoms with Crippen LogP contribution in [0.5, 0.6) is 11.5 Å². The summed E-state index contributed by atoms with van der Waals surface area (Å²) in [5.41, 5.74) is 5.30. The third-order valence-electron chi connectivity index (χ3n) is 4.22. The molecular weight excluding hydrogens is 298 g/mol. The van der Waals surface area contributed by atoms with Crippen LogP contribution >= 0.6 is 0 Å². The Labute approximate surface area is 140 Å².